The summed E-state index contributed by atoms with van der Waals surface area (Å²) in [5.41, 5.74) is 4.86. The first-order valence-corrected chi connectivity index (χ1v) is 9.26. The number of nitrogens with zero attached hydrogens (tertiary/aromatic N) is 2. The van der Waals surface area contributed by atoms with Gasteiger partial charge in [-0.05, 0) is 31.7 Å². The number of sulfonamides is 1. The lowest BCUT2D eigenvalue weighted by atomic mass is 9.96. The van der Waals surface area contributed by atoms with Gasteiger partial charge < -0.3 is 11.1 Å². The molecule has 1 unspecified atom stereocenters. The zero-order valence-corrected chi connectivity index (χ0v) is 16.2. The van der Waals surface area contributed by atoms with Gasteiger partial charge in [-0.15, -0.1) is 12.4 Å². The van der Waals surface area contributed by atoms with Gasteiger partial charge in [0.1, 0.15) is 0 Å². The topological polar surface area (TPSA) is 136 Å². The number of halogens is 1. The number of benzene rings is 1. The first kappa shape index (κ1) is 22.3. The minimum Gasteiger partial charge on any atom is -0.348 e. The van der Waals surface area contributed by atoms with Gasteiger partial charge in [0.05, 0.1) is 21.9 Å². The van der Waals surface area contributed by atoms with E-state index in [9.17, 15) is 23.3 Å². The highest BCUT2D eigenvalue weighted by molar-refractivity contribution is 7.89. The maximum Gasteiger partial charge on any atom is 0.270 e. The first-order valence-electron chi connectivity index (χ1n) is 7.82. The Morgan fingerprint density at radius 3 is 2.58 bits per heavy atom. The van der Waals surface area contributed by atoms with Crippen molar-refractivity contribution in [2.45, 2.75) is 30.2 Å². The fraction of sp³-hybridized carbons (Fsp3) is 0.533. The molecule has 1 aromatic carbocycles. The molecule has 1 fully saturated rings. The number of nitro benzene ring substituents is 1. The zero-order valence-electron chi connectivity index (χ0n) is 14.5. The van der Waals surface area contributed by atoms with Crippen LogP contribution in [0.1, 0.15) is 19.8 Å². The summed E-state index contributed by atoms with van der Waals surface area (Å²) in [6.45, 7) is 1.72. The smallest absolute Gasteiger partial charge is 0.270 e. The molecule has 0 radical (unpaired) electrons. The molecular weight excluding hydrogens is 384 g/mol. The SMILES string of the molecule is CN(CC(=O)NC(C)(CN)C1CC1)S(=O)(=O)c1cccc([N+](=O)[O-])c1.Cl. The Morgan fingerprint density at radius 1 is 1.46 bits per heavy atom. The summed E-state index contributed by atoms with van der Waals surface area (Å²) in [6.07, 6.45) is 1.96. The number of hydrogen-bond acceptors (Lipinski definition) is 6. The van der Waals surface area contributed by atoms with E-state index in [2.05, 4.69) is 5.32 Å². The van der Waals surface area contributed by atoms with Gasteiger partial charge in [-0.2, -0.15) is 4.31 Å². The van der Waals surface area contributed by atoms with Crippen molar-refractivity contribution in [1.82, 2.24) is 9.62 Å². The van der Waals surface area contributed by atoms with E-state index in [1.807, 2.05) is 6.92 Å². The Labute approximate surface area is 158 Å². The van der Waals surface area contributed by atoms with Gasteiger partial charge in [0.25, 0.3) is 5.69 Å². The van der Waals surface area contributed by atoms with Crippen molar-refractivity contribution in [3.8, 4) is 0 Å². The van der Waals surface area contributed by atoms with Crippen molar-refractivity contribution in [2.24, 2.45) is 11.7 Å². The van der Waals surface area contributed by atoms with Crippen molar-refractivity contribution >= 4 is 34.0 Å². The van der Waals surface area contributed by atoms with Gasteiger partial charge >= 0.3 is 0 Å². The average molecular weight is 407 g/mol. The molecule has 146 valence electrons. The fourth-order valence-corrected chi connectivity index (χ4v) is 3.79. The number of hydrogen-bond donors (Lipinski definition) is 2. The molecular formula is C15H23ClN4O5S. The second-order valence-electron chi connectivity index (χ2n) is 6.46. The summed E-state index contributed by atoms with van der Waals surface area (Å²) in [7, 11) is -2.77. The highest BCUT2D eigenvalue weighted by Gasteiger charge is 2.41. The Kier molecular flexibility index (Phi) is 7.11. The number of likely N-dealkylation sites (N-methyl/N-ethyl adjacent to an activating group) is 1. The highest BCUT2D eigenvalue weighted by Crippen LogP contribution is 2.38. The molecule has 0 bridgehead atoms. The molecule has 0 heterocycles. The van der Waals surface area contributed by atoms with E-state index < -0.39 is 32.9 Å². The quantitative estimate of drug-likeness (QED) is 0.485. The number of non-ortho nitro benzene ring substituents is 1. The maximum atomic E-state index is 12.5. The van der Waals surface area contributed by atoms with Gasteiger partial charge in [0.2, 0.25) is 15.9 Å². The normalized spacial score (nSPS) is 16.5. The van der Waals surface area contributed by atoms with Gasteiger partial charge in [0.15, 0.2) is 0 Å². The Bertz CT molecular complexity index is 784. The third-order valence-electron chi connectivity index (χ3n) is 4.43. The summed E-state index contributed by atoms with van der Waals surface area (Å²) < 4.78 is 25.9. The molecule has 1 amide bonds. The van der Waals surface area contributed by atoms with Crippen LogP contribution in [0.5, 0.6) is 0 Å². The van der Waals surface area contributed by atoms with Crippen LogP contribution in [0, 0.1) is 16.0 Å². The number of amides is 1. The molecule has 11 heteroatoms. The van der Waals surface area contributed by atoms with Crippen LogP contribution in [0.25, 0.3) is 0 Å². The molecule has 0 aromatic heterocycles. The molecule has 1 aliphatic rings. The van der Waals surface area contributed by atoms with Crippen molar-refractivity contribution < 1.29 is 18.1 Å². The molecule has 26 heavy (non-hydrogen) atoms. The van der Waals surface area contributed by atoms with Crippen LogP contribution in [0.15, 0.2) is 29.2 Å². The number of rotatable bonds is 8. The number of nitrogens with one attached hydrogen (secondary N) is 1. The van der Waals surface area contributed by atoms with Crippen molar-refractivity contribution in [3.05, 3.63) is 34.4 Å². The molecule has 3 N–H and O–H groups in total. The third kappa shape index (κ3) is 4.91. The van der Waals surface area contributed by atoms with Crippen molar-refractivity contribution in [1.29, 1.82) is 0 Å². The summed E-state index contributed by atoms with van der Waals surface area (Å²) >= 11 is 0. The van der Waals surface area contributed by atoms with Crippen LogP contribution in [0.3, 0.4) is 0 Å². The number of nitrogens with two attached hydrogens (primary N) is 1. The highest BCUT2D eigenvalue weighted by atomic mass is 35.5. The molecule has 0 aliphatic heterocycles. The van der Waals surface area contributed by atoms with Gasteiger partial charge in [-0.3, -0.25) is 14.9 Å². The minimum atomic E-state index is -4.02. The van der Waals surface area contributed by atoms with Crippen molar-refractivity contribution in [3.63, 3.8) is 0 Å². The lowest BCUT2D eigenvalue weighted by Crippen LogP contribution is -2.55. The summed E-state index contributed by atoms with van der Waals surface area (Å²) in [6, 6.07) is 4.72. The van der Waals surface area contributed by atoms with E-state index in [0.29, 0.717) is 5.92 Å². The Morgan fingerprint density at radius 2 is 2.08 bits per heavy atom. The van der Waals surface area contributed by atoms with E-state index in [-0.39, 0.29) is 29.5 Å². The van der Waals surface area contributed by atoms with E-state index in [1.165, 1.54) is 25.2 Å². The first-order chi connectivity index (χ1) is 11.6. The van der Waals surface area contributed by atoms with Crippen LogP contribution < -0.4 is 11.1 Å². The van der Waals surface area contributed by atoms with Crippen LogP contribution >= 0.6 is 12.4 Å². The fourth-order valence-electron chi connectivity index (χ4n) is 2.62. The second-order valence-corrected chi connectivity index (χ2v) is 8.50. The van der Waals surface area contributed by atoms with Crippen LogP contribution in [0.2, 0.25) is 0 Å². The maximum absolute atomic E-state index is 12.5. The summed E-state index contributed by atoms with van der Waals surface area (Å²) in [4.78, 5) is 22.1. The van der Waals surface area contributed by atoms with E-state index in [4.69, 9.17) is 5.73 Å². The predicted molar refractivity (Wildman–Crippen MR) is 98.5 cm³/mol. The largest absolute Gasteiger partial charge is 0.348 e. The predicted octanol–water partition coefficient (Wildman–Crippen LogP) is 0.881. The molecule has 1 atom stereocenters. The summed E-state index contributed by atoms with van der Waals surface area (Å²) in [5.74, 6) is -0.156. The molecule has 1 aromatic rings. The van der Waals surface area contributed by atoms with Crippen LogP contribution in [-0.2, 0) is 14.8 Å². The van der Waals surface area contributed by atoms with Gasteiger partial charge in [-0.1, -0.05) is 6.07 Å². The average Bonchev–Trinajstić information content (AvgIpc) is 3.39. The Hall–Kier alpha value is -1.75. The van der Waals surface area contributed by atoms with E-state index in [0.717, 1.165) is 23.2 Å². The standard InChI is InChI=1S/C15H22N4O5S.ClH/c1-15(10-16,11-6-7-11)17-14(20)9-18(2)25(23,24)13-5-3-4-12(8-13)19(21)22;/h3-5,8,11H,6-7,9-10,16H2,1-2H3,(H,17,20);1H. The minimum absolute atomic E-state index is 0. The van der Waals surface area contributed by atoms with E-state index >= 15 is 0 Å². The molecule has 1 saturated carbocycles. The zero-order chi connectivity index (χ0) is 18.8. The summed E-state index contributed by atoms with van der Waals surface area (Å²) in [5, 5.41) is 13.6. The molecule has 2 rings (SSSR count). The lowest BCUT2D eigenvalue weighted by Gasteiger charge is -2.30. The monoisotopic (exact) mass is 406 g/mol. The van der Waals surface area contributed by atoms with Crippen LogP contribution in [-0.4, -0.2) is 49.2 Å². The van der Waals surface area contributed by atoms with Crippen LogP contribution in [0.4, 0.5) is 5.69 Å². The van der Waals surface area contributed by atoms with E-state index in [1.54, 1.807) is 0 Å². The lowest BCUT2D eigenvalue weighted by molar-refractivity contribution is -0.385. The number of carbonyl (C=O) groups excluding carboxylic acids is 1. The van der Waals surface area contributed by atoms with Gasteiger partial charge in [-0.25, -0.2) is 8.42 Å². The van der Waals surface area contributed by atoms with Gasteiger partial charge in [0, 0.05) is 25.7 Å². The number of nitro groups is 1. The third-order valence-corrected chi connectivity index (χ3v) is 6.23. The second kappa shape index (κ2) is 8.30. The molecule has 9 nitrogen and oxygen atoms in total. The number of carbonyl (C=O) groups is 1. The molecule has 0 saturated heterocycles. The molecule has 0 spiro atoms. The molecule has 1 aliphatic carbocycles. The Balaban J connectivity index is 0.00000338. The van der Waals surface area contributed by atoms with Crippen molar-refractivity contribution in [2.75, 3.05) is 20.1 Å².